The summed E-state index contributed by atoms with van der Waals surface area (Å²) in [5.41, 5.74) is 14.1. The molecule has 0 saturated carbocycles. The van der Waals surface area contributed by atoms with Crippen LogP contribution in [0.2, 0.25) is 0 Å². The van der Waals surface area contributed by atoms with E-state index in [2.05, 4.69) is 130 Å². The van der Waals surface area contributed by atoms with Gasteiger partial charge in [-0.05, 0) is 95.3 Å². The Hall–Kier alpha value is -5.37. The quantitative estimate of drug-likeness (QED) is 0.175. The molecule has 48 heavy (non-hydrogen) atoms. The largest absolute Gasteiger partial charge is 0.454 e. The van der Waals surface area contributed by atoms with Gasteiger partial charge >= 0.3 is 0 Å². The molecule has 3 aliphatic rings. The van der Waals surface area contributed by atoms with Crippen LogP contribution in [0.1, 0.15) is 0 Å². The van der Waals surface area contributed by atoms with Gasteiger partial charge in [-0.15, -0.1) is 0 Å². The number of hydrogen-bond donors (Lipinski definition) is 0. The lowest BCUT2D eigenvalue weighted by atomic mass is 9.34. The third-order valence-corrected chi connectivity index (χ3v) is 12.5. The smallest absolute Gasteiger partial charge is 0.252 e. The number of fused-ring (bicyclic) bond motifs is 6. The highest BCUT2D eigenvalue weighted by Crippen LogP contribution is 2.48. The van der Waals surface area contributed by atoms with E-state index in [0.717, 1.165) is 27.8 Å². The van der Waals surface area contributed by atoms with Crippen LogP contribution in [0.15, 0.2) is 158 Å². The topological polar surface area (TPSA) is 34.2 Å². The number of anilines is 3. The molecule has 0 bridgehead atoms. The molecule has 0 N–H and O–H groups in total. The van der Waals surface area contributed by atoms with Gasteiger partial charge in [0.1, 0.15) is 11.1 Å². The molecule has 6 aromatic carbocycles. The van der Waals surface area contributed by atoms with Crippen molar-refractivity contribution in [1.29, 1.82) is 0 Å². The monoisotopic (exact) mass is 647 g/mol. The highest BCUT2D eigenvalue weighted by molar-refractivity contribution is 8.01. The van der Waals surface area contributed by atoms with Crippen LogP contribution in [0, 0.1) is 0 Å². The maximum Gasteiger partial charge on any atom is 0.252 e. The van der Waals surface area contributed by atoms with E-state index < -0.39 is 0 Å². The molecule has 9 aromatic rings. The Bertz CT molecular complexity index is 2760. The summed E-state index contributed by atoms with van der Waals surface area (Å²) in [6.45, 7) is 0.179. The lowest BCUT2D eigenvalue weighted by Crippen LogP contribution is -2.62. The molecular weight excluding hydrogens is 625 g/mol. The molecule has 222 valence electrons. The van der Waals surface area contributed by atoms with E-state index in [9.17, 15) is 0 Å². The molecule has 12 rings (SSSR count). The van der Waals surface area contributed by atoms with Gasteiger partial charge in [0, 0.05) is 64.7 Å². The summed E-state index contributed by atoms with van der Waals surface area (Å²) in [4.78, 5) is 12.5. The van der Waals surface area contributed by atoms with Crippen LogP contribution in [-0.2, 0) is 0 Å². The van der Waals surface area contributed by atoms with E-state index in [1.807, 2.05) is 41.9 Å². The summed E-state index contributed by atoms with van der Waals surface area (Å²) in [6.07, 6.45) is 1.84. The molecule has 7 heteroatoms. The highest BCUT2D eigenvalue weighted by Gasteiger charge is 2.45. The first-order valence-electron chi connectivity index (χ1n) is 16.2. The van der Waals surface area contributed by atoms with Crippen molar-refractivity contribution in [1.82, 2.24) is 9.55 Å². The number of nitrogens with zero attached hydrogens (tertiary/aromatic N) is 3. The molecule has 0 atom stereocenters. The number of rotatable bonds is 2. The van der Waals surface area contributed by atoms with E-state index >= 15 is 0 Å². The van der Waals surface area contributed by atoms with Gasteiger partial charge in [-0.1, -0.05) is 72.1 Å². The lowest BCUT2D eigenvalue weighted by molar-refractivity contribution is 0.668. The van der Waals surface area contributed by atoms with Crippen molar-refractivity contribution in [3.63, 3.8) is 0 Å². The normalized spacial score (nSPS) is 14.0. The van der Waals surface area contributed by atoms with Gasteiger partial charge < -0.3 is 13.9 Å². The predicted octanol–water partition coefficient (Wildman–Crippen LogP) is 9.31. The van der Waals surface area contributed by atoms with Crippen LogP contribution in [0.4, 0.5) is 17.1 Å². The fourth-order valence-corrected chi connectivity index (χ4v) is 10.9. The van der Waals surface area contributed by atoms with E-state index in [1.54, 1.807) is 0 Å². The van der Waals surface area contributed by atoms with Gasteiger partial charge in [0.05, 0.1) is 11.0 Å². The molecule has 0 fully saturated rings. The number of furan rings is 1. The molecule has 0 saturated heterocycles. The van der Waals surface area contributed by atoms with Crippen LogP contribution >= 0.6 is 23.5 Å². The maximum absolute atomic E-state index is 6.16. The second-order valence-electron chi connectivity index (χ2n) is 12.7. The van der Waals surface area contributed by atoms with E-state index in [1.165, 1.54) is 74.8 Å². The Kier molecular flexibility index (Phi) is 4.90. The highest BCUT2D eigenvalue weighted by atomic mass is 32.2. The number of pyridine rings is 1. The standard InChI is InChI=1S/C41H22BN3OS2/c1-3-10-28-25(8-1)26-9-2-4-11-29(26)45(28)24-21-36-40-37(22-24)48-35-16-6-13-31-39(35)42(40)38-30(12-5-15-34(38)47-36)44(31)23-17-18-32-27(20-23)41-33(46-32)14-7-19-43-41/h1-22H. The third-order valence-electron chi connectivity index (χ3n) is 10.3. The number of hydrogen-bond acceptors (Lipinski definition) is 5. The second-order valence-corrected chi connectivity index (χ2v) is 14.9. The van der Waals surface area contributed by atoms with Crippen LogP contribution in [0.5, 0.6) is 0 Å². The molecule has 0 amide bonds. The first kappa shape index (κ1) is 25.7. The molecule has 3 aromatic heterocycles. The predicted molar refractivity (Wildman–Crippen MR) is 200 cm³/mol. The van der Waals surface area contributed by atoms with Crippen LogP contribution < -0.4 is 21.3 Å². The summed E-state index contributed by atoms with van der Waals surface area (Å²) < 4.78 is 8.61. The van der Waals surface area contributed by atoms with Gasteiger partial charge in [-0.25, -0.2) is 0 Å². The minimum Gasteiger partial charge on any atom is -0.454 e. The van der Waals surface area contributed by atoms with E-state index in [4.69, 9.17) is 4.42 Å². The Balaban J connectivity index is 1.10. The summed E-state index contributed by atoms with van der Waals surface area (Å²) in [6, 6.07) is 46.5. The minimum absolute atomic E-state index is 0.179. The molecule has 0 unspecified atom stereocenters. The zero-order valence-corrected chi connectivity index (χ0v) is 27.0. The van der Waals surface area contributed by atoms with Crippen molar-refractivity contribution in [3.8, 4) is 5.69 Å². The van der Waals surface area contributed by atoms with E-state index in [0.29, 0.717) is 0 Å². The van der Waals surface area contributed by atoms with Crippen molar-refractivity contribution in [2.24, 2.45) is 0 Å². The molecule has 0 radical (unpaired) electrons. The minimum atomic E-state index is 0.179. The number of aromatic nitrogens is 2. The lowest BCUT2D eigenvalue weighted by Gasteiger charge is -2.43. The summed E-state index contributed by atoms with van der Waals surface area (Å²) in [5, 5.41) is 3.61. The van der Waals surface area contributed by atoms with Crippen molar-refractivity contribution in [2.75, 3.05) is 4.90 Å². The van der Waals surface area contributed by atoms with Crippen molar-refractivity contribution in [3.05, 3.63) is 134 Å². The van der Waals surface area contributed by atoms with E-state index in [-0.39, 0.29) is 6.71 Å². The van der Waals surface area contributed by atoms with Gasteiger partial charge in [0.15, 0.2) is 5.58 Å². The molecule has 3 aliphatic heterocycles. The fraction of sp³-hybridized carbons (Fsp3) is 0. The summed E-state index contributed by atoms with van der Waals surface area (Å²) >= 11 is 3.83. The number of benzene rings is 6. The Morgan fingerprint density at radius 2 is 1.19 bits per heavy atom. The third kappa shape index (κ3) is 3.23. The van der Waals surface area contributed by atoms with Crippen LogP contribution in [-0.4, -0.2) is 16.3 Å². The SMILES string of the molecule is c1cc2c3c(c1)N(c1ccc4oc5cccnc5c4c1)c1cccc4c1B3c1c(cc(-n3c5ccccc5c5ccccc53)cc1S4)S2. The van der Waals surface area contributed by atoms with Gasteiger partial charge in [-0.3, -0.25) is 4.98 Å². The molecular formula is C41H22BN3OS2. The maximum atomic E-state index is 6.16. The Morgan fingerprint density at radius 1 is 0.521 bits per heavy atom. The van der Waals surface area contributed by atoms with Gasteiger partial charge in [0.2, 0.25) is 0 Å². The molecule has 0 spiro atoms. The van der Waals surface area contributed by atoms with Crippen molar-refractivity contribution < 1.29 is 4.42 Å². The van der Waals surface area contributed by atoms with Crippen molar-refractivity contribution in [2.45, 2.75) is 19.6 Å². The van der Waals surface area contributed by atoms with Crippen LogP contribution in [0.25, 0.3) is 49.6 Å². The average Bonchev–Trinajstić information content (AvgIpc) is 3.67. The zero-order chi connectivity index (χ0) is 31.1. The first-order chi connectivity index (χ1) is 23.8. The average molecular weight is 648 g/mol. The molecule has 0 aliphatic carbocycles. The van der Waals surface area contributed by atoms with Crippen LogP contribution in [0.3, 0.4) is 0 Å². The van der Waals surface area contributed by atoms with Crippen molar-refractivity contribution >= 4 is 108 Å². The Morgan fingerprint density at radius 3 is 1.88 bits per heavy atom. The Labute approximate surface area is 284 Å². The van der Waals surface area contributed by atoms with Gasteiger partial charge in [-0.2, -0.15) is 0 Å². The first-order valence-corrected chi connectivity index (χ1v) is 17.8. The molecule has 6 heterocycles. The second kappa shape index (κ2) is 9.16. The summed E-state index contributed by atoms with van der Waals surface area (Å²) in [7, 11) is 0. The fourth-order valence-electron chi connectivity index (χ4n) is 8.39. The molecule has 4 nitrogen and oxygen atoms in total. The number of para-hydroxylation sites is 2. The summed E-state index contributed by atoms with van der Waals surface area (Å²) in [5.74, 6) is 0. The van der Waals surface area contributed by atoms with Gasteiger partial charge in [0.25, 0.3) is 6.71 Å². The zero-order valence-electron chi connectivity index (χ0n) is 25.3.